The van der Waals surface area contributed by atoms with Gasteiger partial charge in [-0.25, -0.2) is 4.98 Å². The smallest absolute Gasteiger partial charge is 0.224 e. The molecule has 0 spiro atoms. The van der Waals surface area contributed by atoms with Crippen LogP contribution in [0.4, 0.5) is 0 Å². The summed E-state index contributed by atoms with van der Waals surface area (Å²) in [6.45, 7) is 2.64. The van der Waals surface area contributed by atoms with Gasteiger partial charge in [-0.1, -0.05) is 12.1 Å². The Morgan fingerprint density at radius 3 is 2.90 bits per heavy atom. The molecular weight excluding hydrogens is 384 g/mol. The topological polar surface area (TPSA) is 60.5 Å². The van der Waals surface area contributed by atoms with Gasteiger partial charge in [0.05, 0.1) is 24.2 Å². The summed E-state index contributed by atoms with van der Waals surface area (Å²) in [4.78, 5) is 17.0. The van der Waals surface area contributed by atoms with Crippen LogP contribution in [-0.2, 0) is 24.1 Å². The number of rotatable bonds is 7. The Bertz CT molecular complexity index is 998. The summed E-state index contributed by atoms with van der Waals surface area (Å²) in [7, 11) is 1.66. The lowest BCUT2D eigenvalue weighted by atomic mass is 10.0. The number of benzene rings is 2. The minimum absolute atomic E-state index is 0.0313. The maximum Gasteiger partial charge on any atom is 0.224 e. The first-order valence-corrected chi connectivity index (χ1v) is 10.6. The number of hydrogen-bond donors (Lipinski definition) is 1. The van der Waals surface area contributed by atoms with Crippen LogP contribution in [0.2, 0.25) is 0 Å². The number of methoxy groups -OCH3 is 1. The van der Waals surface area contributed by atoms with Gasteiger partial charge in [-0.15, -0.1) is 11.3 Å². The molecule has 2 aromatic carbocycles. The van der Waals surface area contributed by atoms with E-state index in [1.54, 1.807) is 18.4 Å². The van der Waals surface area contributed by atoms with Crippen LogP contribution in [0.5, 0.6) is 11.5 Å². The first kappa shape index (κ1) is 19.5. The van der Waals surface area contributed by atoms with Crippen molar-refractivity contribution in [2.24, 2.45) is 0 Å². The number of aromatic nitrogens is 1. The van der Waals surface area contributed by atoms with Crippen molar-refractivity contribution < 1.29 is 14.3 Å². The summed E-state index contributed by atoms with van der Waals surface area (Å²) < 4.78 is 10.9. The lowest BCUT2D eigenvalue weighted by molar-refractivity contribution is -0.120. The second-order valence-electron chi connectivity index (χ2n) is 7.21. The monoisotopic (exact) mass is 408 g/mol. The molecule has 0 aliphatic carbocycles. The predicted octanol–water partition coefficient (Wildman–Crippen LogP) is 4.04. The predicted molar refractivity (Wildman–Crippen MR) is 115 cm³/mol. The van der Waals surface area contributed by atoms with Crippen LogP contribution in [0.1, 0.15) is 23.1 Å². The van der Waals surface area contributed by atoms with Gasteiger partial charge in [0, 0.05) is 30.3 Å². The van der Waals surface area contributed by atoms with Crippen LogP contribution >= 0.6 is 11.3 Å². The fraction of sp³-hybridized carbons (Fsp3) is 0.304. The molecule has 0 unspecified atom stereocenters. The van der Waals surface area contributed by atoms with Gasteiger partial charge in [0.2, 0.25) is 5.91 Å². The third kappa shape index (κ3) is 4.77. The molecule has 0 saturated carbocycles. The van der Waals surface area contributed by atoms with Crippen LogP contribution < -0.4 is 14.8 Å². The second kappa shape index (κ2) is 8.66. The van der Waals surface area contributed by atoms with Crippen molar-refractivity contribution in [1.29, 1.82) is 0 Å². The minimum Gasteiger partial charge on any atom is -0.497 e. The molecule has 6 heteroatoms. The molecule has 1 atom stereocenters. The highest BCUT2D eigenvalue weighted by Gasteiger charge is 2.19. The molecule has 0 radical (unpaired) electrons. The van der Waals surface area contributed by atoms with Gasteiger partial charge in [-0.2, -0.15) is 0 Å². The molecule has 1 amide bonds. The molecular formula is C23H24N2O3S. The summed E-state index contributed by atoms with van der Waals surface area (Å²) in [5, 5.41) is 6.06. The van der Waals surface area contributed by atoms with Gasteiger partial charge in [0.1, 0.15) is 17.6 Å². The molecule has 0 bridgehead atoms. The molecule has 150 valence electrons. The molecule has 5 nitrogen and oxygen atoms in total. The Kier molecular flexibility index (Phi) is 5.81. The van der Waals surface area contributed by atoms with E-state index in [1.165, 1.54) is 5.56 Å². The van der Waals surface area contributed by atoms with Gasteiger partial charge in [0.15, 0.2) is 0 Å². The lowest BCUT2D eigenvalue weighted by Gasteiger charge is -2.06. The number of ether oxygens (including phenoxy) is 2. The first-order chi connectivity index (χ1) is 14.1. The normalized spacial score (nSPS) is 14.9. The molecule has 0 saturated heterocycles. The Hall–Kier alpha value is -2.86. The number of hydrogen-bond acceptors (Lipinski definition) is 5. The van der Waals surface area contributed by atoms with E-state index < -0.39 is 0 Å². The van der Waals surface area contributed by atoms with E-state index in [4.69, 9.17) is 9.47 Å². The number of thiazole rings is 1. The van der Waals surface area contributed by atoms with Crippen LogP contribution in [0.3, 0.4) is 0 Å². The number of nitrogens with zero attached hydrogens (tertiary/aromatic N) is 1. The quantitative estimate of drug-likeness (QED) is 0.641. The first-order valence-electron chi connectivity index (χ1n) is 9.74. The summed E-state index contributed by atoms with van der Waals surface area (Å²) in [5.41, 5.74) is 4.23. The number of carbonyl (C=O) groups excluding carboxylic acids is 1. The van der Waals surface area contributed by atoms with E-state index in [9.17, 15) is 4.79 Å². The summed E-state index contributed by atoms with van der Waals surface area (Å²) >= 11 is 1.62. The van der Waals surface area contributed by atoms with Crippen molar-refractivity contribution in [3.63, 3.8) is 0 Å². The zero-order chi connectivity index (χ0) is 20.2. The Labute approximate surface area is 174 Å². The zero-order valence-corrected chi connectivity index (χ0v) is 17.4. The number of fused-ring (bicyclic) bond motifs is 1. The van der Waals surface area contributed by atoms with Gasteiger partial charge >= 0.3 is 0 Å². The molecule has 1 N–H and O–H groups in total. The van der Waals surface area contributed by atoms with E-state index in [1.807, 2.05) is 41.8 Å². The summed E-state index contributed by atoms with van der Waals surface area (Å²) in [6.07, 6.45) is 2.24. The van der Waals surface area contributed by atoms with E-state index in [0.29, 0.717) is 13.0 Å². The van der Waals surface area contributed by atoms with Crippen molar-refractivity contribution in [2.75, 3.05) is 13.7 Å². The number of nitrogens with one attached hydrogen (secondary N) is 1. The van der Waals surface area contributed by atoms with Crippen LogP contribution in [-0.4, -0.2) is 30.6 Å². The van der Waals surface area contributed by atoms with Crippen LogP contribution in [0.15, 0.2) is 47.8 Å². The highest BCUT2D eigenvalue weighted by atomic mass is 32.1. The maximum atomic E-state index is 12.3. The Morgan fingerprint density at radius 1 is 1.28 bits per heavy atom. The molecule has 1 aliphatic heterocycles. The zero-order valence-electron chi connectivity index (χ0n) is 16.6. The van der Waals surface area contributed by atoms with Gasteiger partial charge in [-0.05, 0) is 48.4 Å². The number of amides is 1. The van der Waals surface area contributed by atoms with Crippen LogP contribution in [0, 0.1) is 0 Å². The highest BCUT2D eigenvalue weighted by Crippen LogP contribution is 2.29. The largest absolute Gasteiger partial charge is 0.497 e. The van der Waals surface area contributed by atoms with E-state index in [-0.39, 0.29) is 12.0 Å². The average molecular weight is 409 g/mol. The Balaban J connectivity index is 1.26. The van der Waals surface area contributed by atoms with Gasteiger partial charge < -0.3 is 14.8 Å². The highest BCUT2D eigenvalue weighted by molar-refractivity contribution is 7.09. The van der Waals surface area contributed by atoms with E-state index >= 15 is 0 Å². The van der Waals surface area contributed by atoms with E-state index in [2.05, 4.69) is 23.3 Å². The van der Waals surface area contributed by atoms with Crippen molar-refractivity contribution >= 4 is 17.2 Å². The molecule has 0 fully saturated rings. The summed E-state index contributed by atoms with van der Waals surface area (Å²) in [6, 6.07) is 13.9. The van der Waals surface area contributed by atoms with Gasteiger partial charge in [0.25, 0.3) is 0 Å². The molecule has 29 heavy (non-hydrogen) atoms. The lowest BCUT2D eigenvalue weighted by Crippen LogP contribution is -2.27. The Morgan fingerprint density at radius 2 is 2.10 bits per heavy atom. The SMILES string of the molecule is COc1ccc(-c2csc(CCNC(=O)Cc3ccc4c(c3)C[C@H](C)O4)n2)cc1. The second-order valence-corrected chi connectivity index (χ2v) is 8.15. The minimum atomic E-state index is 0.0313. The third-order valence-corrected chi connectivity index (χ3v) is 5.83. The summed E-state index contributed by atoms with van der Waals surface area (Å²) in [5.74, 6) is 1.80. The molecule has 4 rings (SSSR count). The van der Waals surface area contributed by atoms with E-state index in [0.717, 1.165) is 46.2 Å². The van der Waals surface area contributed by atoms with Crippen molar-refractivity contribution in [3.8, 4) is 22.8 Å². The molecule has 1 aliphatic rings. The average Bonchev–Trinajstić information content (AvgIpc) is 3.33. The number of carbonyl (C=O) groups is 1. The standard InChI is InChI=1S/C23H24N2O3S/c1-15-11-18-12-16(3-8-21(18)28-15)13-22(26)24-10-9-23-25-20(14-29-23)17-4-6-19(27-2)7-5-17/h3-8,12,14-15H,9-11,13H2,1-2H3,(H,24,26)/t15-/m0/s1. The van der Waals surface area contributed by atoms with Crippen molar-refractivity contribution in [1.82, 2.24) is 10.3 Å². The van der Waals surface area contributed by atoms with Crippen LogP contribution in [0.25, 0.3) is 11.3 Å². The molecule has 1 aromatic heterocycles. The molecule has 2 heterocycles. The maximum absolute atomic E-state index is 12.3. The third-order valence-electron chi connectivity index (χ3n) is 4.92. The fourth-order valence-corrected chi connectivity index (χ4v) is 4.27. The molecule has 3 aromatic rings. The van der Waals surface area contributed by atoms with Crippen molar-refractivity contribution in [2.45, 2.75) is 32.3 Å². The fourth-order valence-electron chi connectivity index (χ4n) is 3.46. The van der Waals surface area contributed by atoms with Crippen molar-refractivity contribution in [3.05, 3.63) is 64.0 Å². The van der Waals surface area contributed by atoms with Gasteiger partial charge in [-0.3, -0.25) is 4.79 Å².